The Morgan fingerprint density at radius 3 is 2.71 bits per heavy atom. The summed E-state index contributed by atoms with van der Waals surface area (Å²) in [6.45, 7) is 7.40. The molecule has 0 saturated carbocycles. The van der Waals surface area contributed by atoms with Crippen LogP contribution < -0.4 is 9.47 Å². The maximum atomic E-state index is 12.6. The first-order chi connectivity index (χ1) is 11.4. The van der Waals surface area contributed by atoms with E-state index in [1.807, 2.05) is 13.0 Å². The van der Waals surface area contributed by atoms with E-state index < -0.39 is 0 Å². The smallest absolute Gasteiger partial charge is 0.241 e. The largest absolute Gasteiger partial charge is 0.493 e. The minimum atomic E-state index is -0.158. The van der Waals surface area contributed by atoms with Gasteiger partial charge in [0.25, 0.3) is 0 Å². The number of nitrogens with zero attached hydrogens (tertiary/aromatic N) is 1. The first-order valence-corrected chi connectivity index (χ1v) is 10.2. The number of methoxy groups -OCH3 is 1. The number of carbonyl (C=O) groups is 1. The molecule has 1 saturated heterocycles. The number of thiocarbonyl (C=S) groups is 1. The van der Waals surface area contributed by atoms with E-state index in [9.17, 15) is 4.79 Å². The fourth-order valence-electron chi connectivity index (χ4n) is 2.55. The fraction of sp³-hybridized carbons (Fsp3) is 0.529. The van der Waals surface area contributed by atoms with Crippen LogP contribution >= 0.6 is 46.6 Å². The van der Waals surface area contributed by atoms with Crippen molar-refractivity contribution in [1.29, 1.82) is 0 Å². The monoisotopic (exact) mass is 479 g/mol. The number of rotatable bonds is 7. The summed E-state index contributed by atoms with van der Waals surface area (Å²) in [4.78, 5) is 14.4. The van der Waals surface area contributed by atoms with Crippen LogP contribution in [0.3, 0.4) is 0 Å². The Bertz CT molecular complexity index is 637. The van der Waals surface area contributed by atoms with E-state index in [1.54, 1.807) is 12.0 Å². The lowest BCUT2D eigenvalue weighted by Crippen LogP contribution is -2.34. The molecule has 0 aliphatic carbocycles. The summed E-state index contributed by atoms with van der Waals surface area (Å²) in [5.41, 5.74) is 1.06. The van der Waals surface area contributed by atoms with Gasteiger partial charge in [0, 0.05) is 6.54 Å². The zero-order valence-electron chi connectivity index (χ0n) is 14.3. The molecule has 0 spiro atoms. The Hall–Kier alpha value is -0.540. The number of hydrogen-bond donors (Lipinski definition) is 0. The number of benzene rings is 1. The van der Waals surface area contributed by atoms with Crippen molar-refractivity contribution in [3.63, 3.8) is 0 Å². The summed E-state index contributed by atoms with van der Waals surface area (Å²) in [6, 6.07) is 4.01. The third-order valence-electron chi connectivity index (χ3n) is 3.55. The molecule has 1 aromatic carbocycles. The summed E-state index contributed by atoms with van der Waals surface area (Å²) < 4.78 is 12.8. The quantitative estimate of drug-likeness (QED) is 0.435. The number of amides is 1. The maximum Gasteiger partial charge on any atom is 0.241 e. The van der Waals surface area contributed by atoms with Crippen LogP contribution in [0.25, 0.3) is 0 Å². The lowest BCUT2D eigenvalue weighted by Gasteiger charge is -2.18. The number of hydrogen-bond acceptors (Lipinski definition) is 5. The van der Waals surface area contributed by atoms with Crippen molar-refractivity contribution in [2.75, 3.05) is 20.3 Å². The van der Waals surface area contributed by atoms with Gasteiger partial charge in [0.1, 0.15) is 4.32 Å². The Balaban J connectivity index is 2.18. The standard InChI is InChI=1S/C17H22INO3S2/c1-5-22-15-12(18)6-11(7-13(15)21-4)8-14-16(20)19(9-10(2)3)17(23)24-14/h6-7,10,14H,5,8-9H2,1-4H3/t14-/m0/s1. The highest BCUT2D eigenvalue weighted by Crippen LogP contribution is 2.36. The highest BCUT2D eigenvalue weighted by atomic mass is 127. The Morgan fingerprint density at radius 1 is 1.42 bits per heavy atom. The van der Waals surface area contributed by atoms with Gasteiger partial charge in [-0.3, -0.25) is 9.69 Å². The van der Waals surface area contributed by atoms with Crippen molar-refractivity contribution < 1.29 is 14.3 Å². The molecule has 7 heteroatoms. The molecule has 1 atom stereocenters. The van der Waals surface area contributed by atoms with Gasteiger partial charge in [0.2, 0.25) is 5.91 Å². The van der Waals surface area contributed by atoms with E-state index in [4.69, 9.17) is 21.7 Å². The molecule has 1 aliphatic rings. The SMILES string of the molecule is CCOc1c(I)cc(C[C@@H]2SC(=S)N(CC(C)C)C2=O)cc1OC. The minimum absolute atomic E-state index is 0.113. The number of ether oxygens (including phenoxy) is 2. The zero-order chi connectivity index (χ0) is 17.9. The molecule has 1 amide bonds. The molecule has 1 aliphatic heterocycles. The second-order valence-electron chi connectivity index (χ2n) is 5.96. The highest BCUT2D eigenvalue weighted by Gasteiger charge is 2.37. The zero-order valence-corrected chi connectivity index (χ0v) is 18.1. The average molecular weight is 479 g/mol. The van der Waals surface area contributed by atoms with Crippen molar-refractivity contribution in [2.24, 2.45) is 5.92 Å². The lowest BCUT2D eigenvalue weighted by molar-refractivity contribution is -0.126. The van der Waals surface area contributed by atoms with E-state index in [0.717, 1.165) is 14.9 Å². The van der Waals surface area contributed by atoms with Gasteiger partial charge in [-0.25, -0.2) is 0 Å². The average Bonchev–Trinajstić information content (AvgIpc) is 2.77. The second-order valence-corrected chi connectivity index (χ2v) is 8.96. The van der Waals surface area contributed by atoms with Crippen LogP contribution in [0.2, 0.25) is 0 Å². The molecule has 0 aromatic heterocycles. The molecular formula is C17H22INO3S2. The molecule has 0 bridgehead atoms. The predicted molar refractivity (Wildman–Crippen MR) is 111 cm³/mol. The molecule has 132 valence electrons. The predicted octanol–water partition coefficient (Wildman–Crippen LogP) is 4.13. The molecule has 1 heterocycles. The Kier molecular flexibility index (Phi) is 7.18. The maximum absolute atomic E-state index is 12.6. The van der Waals surface area contributed by atoms with E-state index in [-0.39, 0.29) is 11.2 Å². The first kappa shape index (κ1) is 19.8. The molecule has 1 aromatic rings. The Morgan fingerprint density at radius 2 is 2.12 bits per heavy atom. The molecular weight excluding hydrogens is 457 g/mol. The van der Waals surface area contributed by atoms with Crippen molar-refractivity contribution >= 4 is 56.8 Å². The number of thioether (sulfide) groups is 1. The van der Waals surface area contributed by atoms with Gasteiger partial charge in [0.15, 0.2) is 11.5 Å². The van der Waals surface area contributed by atoms with Crippen LogP contribution in [-0.2, 0) is 11.2 Å². The van der Waals surface area contributed by atoms with Gasteiger partial charge >= 0.3 is 0 Å². The van der Waals surface area contributed by atoms with Crippen molar-refractivity contribution in [2.45, 2.75) is 32.4 Å². The summed E-state index contributed by atoms with van der Waals surface area (Å²) in [5.74, 6) is 1.97. The lowest BCUT2D eigenvalue weighted by atomic mass is 10.1. The third kappa shape index (κ3) is 4.54. The highest BCUT2D eigenvalue weighted by molar-refractivity contribution is 14.1. The Labute approximate surface area is 166 Å². The van der Waals surface area contributed by atoms with Gasteiger partial charge in [-0.1, -0.05) is 37.8 Å². The van der Waals surface area contributed by atoms with Gasteiger partial charge in [-0.05, 0) is 59.5 Å². The molecule has 0 N–H and O–H groups in total. The summed E-state index contributed by atoms with van der Waals surface area (Å²) >= 11 is 9.11. The normalized spacial score (nSPS) is 17.8. The van der Waals surface area contributed by atoms with Crippen LogP contribution in [0, 0.1) is 9.49 Å². The minimum Gasteiger partial charge on any atom is -0.493 e. The van der Waals surface area contributed by atoms with Crippen LogP contribution in [0.15, 0.2) is 12.1 Å². The van der Waals surface area contributed by atoms with Crippen molar-refractivity contribution in [3.8, 4) is 11.5 Å². The van der Waals surface area contributed by atoms with Gasteiger partial charge < -0.3 is 9.47 Å². The van der Waals surface area contributed by atoms with Crippen LogP contribution in [0.5, 0.6) is 11.5 Å². The summed E-state index contributed by atoms with van der Waals surface area (Å²) in [7, 11) is 1.63. The second kappa shape index (κ2) is 8.71. The van der Waals surface area contributed by atoms with Crippen molar-refractivity contribution in [3.05, 3.63) is 21.3 Å². The van der Waals surface area contributed by atoms with E-state index in [2.05, 4.69) is 42.5 Å². The molecule has 1 fully saturated rings. The third-order valence-corrected chi connectivity index (χ3v) is 5.94. The topological polar surface area (TPSA) is 38.8 Å². The van der Waals surface area contributed by atoms with Gasteiger partial charge in [-0.2, -0.15) is 0 Å². The van der Waals surface area contributed by atoms with Crippen LogP contribution in [0.1, 0.15) is 26.3 Å². The van der Waals surface area contributed by atoms with Crippen molar-refractivity contribution in [1.82, 2.24) is 4.90 Å². The number of carbonyl (C=O) groups excluding carboxylic acids is 1. The van der Waals surface area contributed by atoms with E-state index in [0.29, 0.717) is 35.6 Å². The van der Waals surface area contributed by atoms with Crippen LogP contribution in [-0.4, -0.2) is 40.6 Å². The summed E-state index contributed by atoms with van der Waals surface area (Å²) in [6.07, 6.45) is 0.636. The number of halogens is 1. The van der Waals surface area contributed by atoms with Gasteiger partial charge in [0.05, 0.1) is 22.5 Å². The van der Waals surface area contributed by atoms with Gasteiger partial charge in [-0.15, -0.1) is 0 Å². The molecule has 0 unspecified atom stereocenters. The van der Waals surface area contributed by atoms with E-state index in [1.165, 1.54) is 11.8 Å². The summed E-state index contributed by atoms with van der Waals surface area (Å²) in [5, 5.41) is -0.158. The molecule has 4 nitrogen and oxygen atoms in total. The fourth-order valence-corrected chi connectivity index (χ4v) is 4.92. The van der Waals surface area contributed by atoms with E-state index >= 15 is 0 Å². The molecule has 0 radical (unpaired) electrons. The van der Waals surface area contributed by atoms with Crippen LogP contribution in [0.4, 0.5) is 0 Å². The first-order valence-electron chi connectivity index (χ1n) is 7.88. The molecule has 24 heavy (non-hydrogen) atoms. The molecule has 2 rings (SSSR count).